The second-order valence-corrected chi connectivity index (χ2v) is 4.05. The zero-order valence-electron chi connectivity index (χ0n) is 9.97. The molecule has 0 unspecified atom stereocenters. The molecular weight excluding hydrogens is 187 g/mol. The van der Waals surface area contributed by atoms with Gasteiger partial charge in [-0.1, -0.05) is 38.5 Å². The van der Waals surface area contributed by atoms with E-state index in [0.29, 0.717) is 5.92 Å². The molecule has 1 aromatic carbocycles. The van der Waals surface area contributed by atoms with E-state index in [0.717, 1.165) is 16.9 Å². The first kappa shape index (κ1) is 12.0. The van der Waals surface area contributed by atoms with Crippen molar-refractivity contribution in [3.8, 4) is 0 Å². The average Bonchev–Trinajstić information content (AvgIpc) is 2.18. The Hall–Kier alpha value is -1.11. The molecule has 1 rings (SSSR count). The minimum absolute atomic E-state index is 0.151. The molecule has 0 atom stereocenters. The van der Waals surface area contributed by atoms with E-state index < -0.39 is 0 Å². The Bertz CT molecular complexity index is 441. The van der Waals surface area contributed by atoms with Gasteiger partial charge in [-0.15, -0.1) is 0 Å². The third-order valence-electron chi connectivity index (χ3n) is 2.75. The highest BCUT2D eigenvalue weighted by Crippen LogP contribution is 2.12. The Labute approximate surface area is 91.1 Å². The van der Waals surface area contributed by atoms with Gasteiger partial charge in [0, 0.05) is 0 Å². The molecule has 0 radical (unpaired) electrons. The fraction of sp³-hybridized carbons (Fsp3) is 0.429. The molecule has 0 aromatic heterocycles. The zero-order chi connectivity index (χ0) is 11.4. The Kier molecular flexibility index (Phi) is 4.07. The summed E-state index contributed by atoms with van der Waals surface area (Å²) in [6.07, 6.45) is 3.01. The lowest BCUT2D eigenvalue weighted by Crippen LogP contribution is -2.28. The van der Waals surface area contributed by atoms with Crippen LogP contribution in [0.1, 0.15) is 34.1 Å². The maximum absolute atomic E-state index is 13.2. The third kappa shape index (κ3) is 2.68. The van der Waals surface area contributed by atoms with E-state index in [2.05, 4.69) is 20.8 Å². The van der Waals surface area contributed by atoms with Crippen LogP contribution in [0.5, 0.6) is 0 Å². The maximum Gasteiger partial charge on any atom is 0.123 e. The number of rotatable bonds is 2. The molecular formula is C14H19F. The predicted molar refractivity (Wildman–Crippen MR) is 64.3 cm³/mol. The summed E-state index contributed by atoms with van der Waals surface area (Å²) in [7, 11) is 0. The molecule has 0 bridgehead atoms. The minimum atomic E-state index is -0.151. The summed E-state index contributed by atoms with van der Waals surface area (Å²) in [6.45, 7) is 8.43. The van der Waals surface area contributed by atoms with Crippen molar-refractivity contribution in [3.63, 3.8) is 0 Å². The van der Waals surface area contributed by atoms with E-state index >= 15 is 0 Å². The maximum atomic E-state index is 13.2. The summed E-state index contributed by atoms with van der Waals surface area (Å²) in [5.41, 5.74) is 1.32. The first-order valence-corrected chi connectivity index (χ1v) is 5.55. The first-order chi connectivity index (χ1) is 7.10. The van der Waals surface area contributed by atoms with Crippen LogP contribution in [-0.2, 0) is 0 Å². The highest BCUT2D eigenvalue weighted by Gasteiger charge is 2.03. The Morgan fingerprint density at radius 3 is 2.53 bits per heavy atom. The van der Waals surface area contributed by atoms with Crippen molar-refractivity contribution in [2.75, 3.05) is 0 Å². The van der Waals surface area contributed by atoms with Crippen LogP contribution in [0.3, 0.4) is 0 Å². The van der Waals surface area contributed by atoms with Crippen molar-refractivity contribution in [2.45, 2.75) is 34.1 Å². The topological polar surface area (TPSA) is 0 Å². The summed E-state index contributed by atoms with van der Waals surface area (Å²) in [5, 5.41) is 2.19. The van der Waals surface area contributed by atoms with Crippen molar-refractivity contribution in [3.05, 3.63) is 34.5 Å². The molecule has 15 heavy (non-hydrogen) atoms. The van der Waals surface area contributed by atoms with Gasteiger partial charge in [-0.25, -0.2) is 4.39 Å². The number of hydrogen-bond donors (Lipinski definition) is 0. The van der Waals surface area contributed by atoms with Gasteiger partial charge in [0.25, 0.3) is 0 Å². The smallest absolute Gasteiger partial charge is 0.123 e. The standard InChI is InChI=1S/C14H19F/c1-5-11-7-8-12(15)9-14(11)13(6-2)10(3)4/h5,7-10H,6H2,1-4H3/b11-5-,14-13+. The van der Waals surface area contributed by atoms with Crippen molar-refractivity contribution < 1.29 is 4.39 Å². The van der Waals surface area contributed by atoms with E-state index in [-0.39, 0.29) is 5.82 Å². The van der Waals surface area contributed by atoms with Crippen LogP contribution in [0.15, 0.2) is 18.2 Å². The van der Waals surface area contributed by atoms with Crippen LogP contribution in [0.25, 0.3) is 11.6 Å². The quantitative estimate of drug-likeness (QED) is 0.698. The van der Waals surface area contributed by atoms with Crippen molar-refractivity contribution in [1.29, 1.82) is 0 Å². The molecule has 0 spiro atoms. The van der Waals surface area contributed by atoms with Gasteiger partial charge in [0.2, 0.25) is 0 Å². The van der Waals surface area contributed by atoms with Gasteiger partial charge in [0.15, 0.2) is 0 Å². The van der Waals surface area contributed by atoms with Gasteiger partial charge in [0.05, 0.1) is 0 Å². The highest BCUT2D eigenvalue weighted by molar-refractivity contribution is 5.47. The largest absolute Gasteiger partial charge is 0.207 e. The zero-order valence-corrected chi connectivity index (χ0v) is 9.97. The van der Waals surface area contributed by atoms with Crippen LogP contribution in [-0.4, -0.2) is 0 Å². The van der Waals surface area contributed by atoms with Crippen molar-refractivity contribution >= 4 is 11.6 Å². The predicted octanol–water partition coefficient (Wildman–Crippen LogP) is 2.84. The van der Waals surface area contributed by atoms with Crippen molar-refractivity contribution in [2.24, 2.45) is 5.92 Å². The van der Waals surface area contributed by atoms with E-state index in [1.165, 1.54) is 11.6 Å². The highest BCUT2D eigenvalue weighted by atomic mass is 19.1. The molecule has 0 fully saturated rings. The SMILES string of the molecule is C/C=c1/ccc(F)c/c1=C(/CC)C(C)C. The van der Waals surface area contributed by atoms with Gasteiger partial charge in [0.1, 0.15) is 5.82 Å². The Morgan fingerprint density at radius 1 is 1.40 bits per heavy atom. The summed E-state index contributed by atoms with van der Waals surface area (Å²) in [5.74, 6) is 0.317. The monoisotopic (exact) mass is 206 g/mol. The fourth-order valence-electron chi connectivity index (χ4n) is 1.97. The molecule has 0 aliphatic carbocycles. The Morgan fingerprint density at radius 2 is 2.07 bits per heavy atom. The minimum Gasteiger partial charge on any atom is -0.207 e. The summed E-state index contributed by atoms with van der Waals surface area (Å²) >= 11 is 0. The lowest BCUT2D eigenvalue weighted by atomic mass is 9.97. The average molecular weight is 206 g/mol. The number of halogens is 1. The van der Waals surface area contributed by atoms with Gasteiger partial charge in [-0.05, 0) is 41.8 Å². The van der Waals surface area contributed by atoms with E-state index in [9.17, 15) is 4.39 Å². The Balaban J connectivity index is 3.65. The molecule has 0 heterocycles. The normalized spacial score (nSPS) is 14.7. The van der Waals surface area contributed by atoms with Crippen LogP contribution in [0.4, 0.5) is 4.39 Å². The molecule has 1 aromatic rings. The lowest BCUT2D eigenvalue weighted by molar-refractivity contribution is 0.625. The molecule has 0 N–H and O–H groups in total. The molecule has 82 valence electrons. The number of hydrogen-bond acceptors (Lipinski definition) is 0. The molecule has 0 saturated carbocycles. The molecule has 0 aliphatic heterocycles. The molecule has 0 aliphatic rings. The van der Waals surface area contributed by atoms with Crippen LogP contribution >= 0.6 is 0 Å². The summed E-state index contributed by atoms with van der Waals surface area (Å²) in [4.78, 5) is 0. The van der Waals surface area contributed by atoms with Crippen molar-refractivity contribution in [1.82, 2.24) is 0 Å². The van der Waals surface area contributed by atoms with Gasteiger partial charge >= 0.3 is 0 Å². The summed E-state index contributed by atoms with van der Waals surface area (Å²) in [6, 6.07) is 5.02. The van der Waals surface area contributed by atoms with E-state index in [4.69, 9.17) is 0 Å². The molecule has 1 heteroatoms. The molecule has 0 saturated heterocycles. The van der Waals surface area contributed by atoms with E-state index in [1.807, 2.05) is 19.1 Å². The van der Waals surface area contributed by atoms with Gasteiger partial charge < -0.3 is 0 Å². The second kappa shape index (κ2) is 5.11. The van der Waals surface area contributed by atoms with Crippen LogP contribution in [0.2, 0.25) is 0 Å². The molecule has 0 amide bonds. The fourth-order valence-corrected chi connectivity index (χ4v) is 1.97. The summed E-state index contributed by atoms with van der Waals surface area (Å²) < 4.78 is 13.2. The van der Waals surface area contributed by atoms with E-state index in [1.54, 1.807) is 6.07 Å². The van der Waals surface area contributed by atoms with Crippen LogP contribution in [0, 0.1) is 11.7 Å². The lowest BCUT2D eigenvalue weighted by Gasteiger charge is -2.09. The van der Waals surface area contributed by atoms with Gasteiger partial charge in [-0.2, -0.15) is 0 Å². The van der Waals surface area contributed by atoms with Gasteiger partial charge in [-0.3, -0.25) is 0 Å². The van der Waals surface area contributed by atoms with Crippen LogP contribution < -0.4 is 10.4 Å². The second-order valence-electron chi connectivity index (χ2n) is 4.05. The first-order valence-electron chi connectivity index (χ1n) is 5.55. The number of benzene rings is 1. The molecule has 0 nitrogen and oxygen atoms in total. The third-order valence-corrected chi connectivity index (χ3v) is 2.75.